The Morgan fingerprint density at radius 3 is 2.72 bits per heavy atom. The molecule has 0 amide bonds. The van der Waals surface area contributed by atoms with E-state index >= 15 is 0 Å². The zero-order valence-corrected chi connectivity index (χ0v) is 10.6. The lowest BCUT2D eigenvalue weighted by atomic mass is 10.2. The third-order valence-corrected chi connectivity index (χ3v) is 2.86. The summed E-state index contributed by atoms with van der Waals surface area (Å²) in [5.41, 5.74) is 6.48. The van der Waals surface area contributed by atoms with Crippen LogP contribution in [0.2, 0.25) is 0 Å². The van der Waals surface area contributed by atoms with Crippen LogP contribution in [0.1, 0.15) is 5.56 Å². The van der Waals surface area contributed by atoms with E-state index in [0.717, 1.165) is 5.56 Å². The number of anilines is 1. The summed E-state index contributed by atoms with van der Waals surface area (Å²) in [6.07, 6.45) is 1.59. The highest BCUT2D eigenvalue weighted by Gasteiger charge is 2.06. The molecule has 0 aliphatic heterocycles. The van der Waals surface area contributed by atoms with E-state index < -0.39 is 0 Å². The number of rotatable bonds is 2. The molecule has 1 aromatic heterocycles. The molecule has 18 heavy (non-hydrogen) atoms. The predicted octanol–water partition coefficient (Wildman–Crippen LogP) is 1.78. The van der Waals surface area contributed by atoms with Gasteiger partial charge in [0.1, 0.15) is 5.82 Å². The van der Waals surface area contributed by atoms with E-state index in [2.05, 4.69) is 9.98 Å². The second-order valence-electron chi connectivity index (χ2n) is 3.72. The van der Waals surface area contributed by atoms with Crippen LogP contribution in [0.4, 0.5) is 11.5 Å². The number of hydrogen-bond acceptors (Lipinski definition) is 4. The van der Waals surface area contributed by atoms with Gasteiger partial charge >= 0.3 is 0 Å². The molecular formula is C12H12N4OS. The fourth-order valence-corrected chi connectivity index (χ4v) is 1.62. The summed E-state index contributed by atoms with van der Waals surface area (Å²) in [7, 11) is 1.68. The second-order valence-corrected chi connectivity index (χ2v) is 4.11. The van der Waals surface area contributed by atoms with Gasteiger partial charge in [0.25, 0.3) is 5.56 Å². The fourth-order valence-electron chi connectivity index (χ4n) is 1.43. The van der Waals surface area contributed by atoms with Crippen molar-refractivity contribution in [1.29, 1.82) is 0 Å². The molecule has 0 saturated heterocycles. The van der Waals surface area contributed by atoms with Crippen molar-refractivity contribution in [3.63, 3.8) is 0 Å². The van der Waals surface area contributed by atoms with Gasteiger partial charge in [0, 0.05) is 13.3 Å². The van der Waals surface area contributed by atoms with Gasteiger partial charge in [0.15, 0.2) is 10.5 Å². The summed E-state index contributed by atoms with van der Waals surface area (Å²) in [5, 5.41) is 0. The van der Waals surface area contributed by atoms with Crippen LogP contribution in [0.25, 0.3) is 0 Å². The van der Waals surface area contributed by atoms with Crippen molar-refractivity contribution in [3.05, 3.63) is 51.0 Å². The number of aromatic amines is 1. The topological polar surface area (TPSA) is 76.2 Å². The van der Waals surface area contributed by atoms with Gasteiger partial charge in [0.2, 0.25) is 0 Å². The third kappa shape index (κ3) is 2.38. The molecule has 2 rings (SSSR count). The first-order chi connectivity index (χ1) is 8.59. The predicted molar refractivity (Wildman–Crippen MR) is 75.0 cm³/mol. The average Bonchev–Trinajstić information content (AvgIpc) is 2.37. The molecule has 1 aromatic carbocycles. The van der Waals surface area contributed by atoms with Gasteiger partial charge in [-0.3, -0.25) is 9.78 Å². The van der Waals surface area contributed by atoms with Crippen LogP contribution in [-0.4, -0.2) is 15.8 Å². The van der Waals surface area contributed by atoms with Gasteiger partial charge in [-0.1, -0.05) is 30.3 Å². The quantitative estimate of drug-likeness (QED) is 0.638. The normalized spacial score (nSPS) is 10.9. The minimum atomic E-state index is -0.386. The number of hydrogen-bond donors (Lipinski definition) is 2. The van der Waals surface area contributed by atoms with Gasteiger partial charge < -0.3 is 10.3 Å². The van der Waals surface area contributed by atoms with E-state index in [1.165, 1.54) is 4.57 Å². The lowest BCUT2D eigenvalue weighted by Gasteiger charge is -2.05. The minimum Gasteiger partial charge on any atom is -0.383 e. The summed E-state index contributed by atoms with van der Waals surface area (Å²) in [6, 6.07) is 9.46. The molecule has 0 aliphatic rings. The van der Waals surface area contributed by atoms with Crippen LogP contribution in [0.15, 0.2) is 40.1 Å². The minimum absolute atomic E-state index is 0.162. The molecule has 0 fully saturated rings. The van der Waals surface area contributed by atoms with E-state index in [1.807, 2.05) is 30.3 Å². The van der Waals surface area contributed by atoms with Crippen molar-refractivity contribution in [2.24, 2.45) is 12.0 Å². The highest BCUT2D eigenvalue weighted by Crippen LogP contribution is 2.14. The Labute approximate surface area is 109 Å². The number of nitrogens with zero attached hydrogens (tertiary/aromatic N) is 2. The molecule has 0 aliphatic carbocycles. The van der Waals surface area contributed by atoms with Crippen molar-refractivity contribution < 1.29 is 0 Å². The SMILES string of the molecule is Cn1c(N)c(N=Cc2ccccc2)c(=O)[nH]c1=S. The zero-order valence-electron chi connectivity index (χ0n) is 9.75. The molecule has 0 bridgehead atoms. The van der Waals surface area contributed by atoms with Crippen LogP contribution in [0, 0.1) is 4.77 Å². The number of aromatic nitrogens is 2. The average molecular weight is 260 g/mol. The van der Waals surface area contributed by atoms with Crippen molar-refractivity contribution in [2.75, 3.05) is 5.73 Å². The van der Waals surface area contributed by atoms with E-state index in [-0.39, 0.29) is 21.8 Å². The Hall–Kier alpha value is -2.21. The molecule has 0 radical (unpaired) electrons. The molecule has 0 saturated carbocycles. The van der Waals surface area contributed by atoms with Gasteiger partial charge in [-0.15, -0.1) is 0 Å². The first-order valence-electron chi connectivity index (χ1n) is 5.27. The Bertz CT molecular complexity index is 700. The summed E-state index contributed by atoms with van der Waals surface area (Å²) in [6.45, 7) is 0. The van der Waals surface area contributed by atoms with Crippen molar-refractivity contribution >= 4 is 29.9 Å². The van der Waals surface area contributed by atoms with Gasteiger partial charge in [-0.05, 0) is 17.8 Å². The lowest BCUT2D eigenvalue weighted by molar-refractivity contribution is 0.847. The maximum absolute atomic E-state index is 11.7. The zero-order chi connectivity index (χ0) is 13.1. The molecule has 0 spiro atoms. The molecule has 5 nitrogen and oxygen atoms in total. The lowest BCUT2D eigenvalue weighted by Crippen LogP contribution is -2.15. The van der Waals surface area contributed by atoms with Crippen molar-refractivity contribution in [2.45, 2.75) is 0 Å². The summed E-state index contributed by atoms with van der Waals surface area (Å²) < 4.78 is 1.78. The Morgan fingerprint density at radius 2 is 2.06 bits per heavy atom. The van der Waals surface area contributed by atoms with Crippen LogP contribution in [0.3, 0.4) is 0 Å². The number of nitrogen functional groups attached to an aromatic ring is 1. The summed E-state index contributed by atoms with van der Waals surface area (Å²) in [5.74, 6) is 0.246. The second kappa shape index (κ2) is 4.97. The molecule has 0 unspecified atom stereocenters. The molecule has 1 heterocycles. The Balaban J connectivity index is 2.48. The Morgan fingerprint density at radius 1 is 1.39 bits per heavy atom. The summed E-state index contributed by atoms with van der Waals surface area (Å²) >= 11 is 4.94. The molecule has 92 valence electrons. The number of H-pyrrole nitrogens is 1. The smallest absolute Gasteiger partial charge is 0.279 e. The van der Waals surface area contributed by atoms with Crippen LogP contribution in [-0.2, 0) is 7.05 Å². The maximum atomic E-state index is 11.7. The van der Waals surface area contributed by atoms with Gasteiger partial charge in [-0.2, -0.15) is 0 Å². The van der Waals surface area contributed by atoms with Crippen LogP contribution < -0.4 is 11.3 Å². The molecule has 3 N–H and O–H groups in total. The highest BCUT2D eigenvalue weighted by atomic mass is 32.1. The van der Waals surface area contributed by atoms with E-state index in [9.17, 15) is 4.79 Å². The van der Waals surface area contributed by atoms with Gasteiger partial charge in [-0.25, -0.2) is 4.99 Å². The van der Waals surface area contributed by atoms with Crippen LogP contribution in [0.5, 0.6) is 0 Å². The monoisotopic (exact) mass is 260 g/mol. The molecule has 6 heteroatoms. The highest BCUT2D eigenvalue weighted by molar-refractivity contribution is 7.71. The first kappa shape index (κ1) is 12.3. The molecule has 2 aromatic rings. The van der Waals surface area contributed by atoms with E-state index in [4.69, 9.17) is 18.0 Å². The van der Waals surface area contributed by atoms with E-state index in [0.29, 0.717) is 0 Å². The summed E-state index contributed by atoms with van der Waals surface area (Å²) in [4.78, 5) is 18.3. The van der Waals surface area contributed by atoms with Crippen molar-refractivity contribution in [1.82, 2.24) is 9.55 Å². The first-order valence-corrected chi connectivity index (χ1v) is 5.68. The molecular weight excluding hydrogens is 248 g/mol. The fraction of sp³-hybridized carbons (Fsp3) is 0.0833. The van der Waals surface area contributed by atoms with E-state index in [1.54, 1.807) is 13.3 Å². The Kier molecular flexibility index (Phi) is 3.38. The maximum Gasteiger partial charge on any atom is 0.279 e. The molecule has 0 atom stereocenters. The largest absolute Gasteiger partial charge is 0.383 e. The standard InChI is InChI=1S/C12H12N4OS/c1-16-10(13)9(11(17)15-12(16)18)14-7-8-5-3-2-4-6-8/h2-7H,13H2,1H3,(H,15,17,18). The number of benzene rings is 1. The number of nitrogens with one attached hydrogen (secondary N) is 1. The number of aliphatic imine (C=N–C) groups is 1. The van der Waals surface area contributed by atoms with Crippen molar-refractivity contribution in [3.8, 4) is 0 Å². The van der Waals surface area contributed by atoms with Crippen LogP contribution >= 0.6 is 12.2 Å². The third-order valence-electron chi connectivity index (χ3n) is 2.49. The van der Waals surface area contributed by atoms with Gasteiger partial charge in [0.05, 0.1) is 0 Å². The number of nitrogens with two attached hydrogens (primary N) is 1.